The van der Waals surface area contributed by atoms with Crippen LogP contribution in [-0.4, -0.2) is 46.6 Å². The molecule has 0 fully saturated rings. The fraction of sp³-hybridized carbons (Fsp3) is 0.389. The fourth-order valence-electron chi connectivity index (χ4n) is 2.46. The summed E-state index contributed by atoms with van der Waals surface area (Å²) in [5.74, 6) is -0.486. The van der Waals surface area contributed by atoms with Crippen molar-refractivity contribution in [1.82, 2.24) is 20.0 Å². The van der Waals surface area contributed by atoms with Crippen LogP contribution in [0.3, 0.4) is 0 Å². The van der Waals surface area contributed by atoms with Crippen LogP contribution in [0.2, 0.25) is 0 Å². The van der Waals surface area contributed by atoms with Crippen LogP contribution >= 0.6 is 0 Å². The number of nitrogens with one attached hydrogen (secondary N) is 1. The van der Waals surface area contributed by atoms with Gasteiger partial charge in [0, 0.05) is 21.1 Å². The number of hydrogen-bond donors (Lipinski definition) is 1. The van der Waals surface area contributed by atoms with Gasteiger partial charge < -0.3 is 10.2 Å². The number of likely N-dealkylation sites (N-methyl/N-ethyl adjacent to an activating group) is 1. The maximum Gasteiger partial charge on any atom is 0.272 e. The first kappa shape index (κ1) is 17.7. The molecule has 0 saturated carbocycles. The maximum atomic E-state index is 12.5. The molecule has 0 saturated heterocycles. The number of amides is 2. The van der Waals surface area contributed by atoms with Crippen molar-refractivity contribution < 1.29 is 9.59 Å². The number of carbonyl (C=O) groups is 2. The molecule has 2 rings (SSSR count). The Balaban J connectivity index is 2.23. The highest BCUT2D eigenvalue weighted by molar-refractivity contribution is 5.97. The molecule has 1 atom stereocenters. The van der Waals surface area contributed by atoms with Crippen molar-refractivity contribution in [3.05, 3.63) is 42.1 Å². The summed E-state index contributed by atoms with van der Waals surface area (Å²) in [4.78, 5) is 26.2. The van der Waals surface area contributed by atoms with Crippen LogP contribution in [0.5, 0.6) is 0 Å². The second-order valence-corrected chi connectivity index (χ2v) is 6.33. The molecular weight excluding hydrogens is 304 g/mol. The molecule has 24 heavy (non-hydrogen) atoms. The third-order valence-electron chi connectivity index (χ3n) is 3.84. The summed E-state index contributed by atoms with van der Waals surface area (Å²) in [7, 11) is 5.15. The topological polar surface area (TPSA) is 67.2 Å². The first-order chi connectivity index (χ1) is 11.3. The van der Waals surface area contributed by atoms with E-state index in [1.807, 2.05) is 44.2 Å². The summed E-state index contributed by atoms with van der Waals surface area (Å²) in [6.45, 7) is 3.81. The van der Waals surface area contributed by atoms with E-state index in [-0.39, 0.29) is 17.7 Å². The van der Waals surface area contributed by atoms with Gasteiger partial charge in [0.05, 0.1) is 5.69 Å². The molecule has 0 aliphatic heterocycles. The van der Waals surface area contributed by atoms with E-state index in [4.69, 9.17) is 0 Å². The number of aromatic nitrogens is 2. The molecule has 1 heterocycles. The molecule has 0 bridgehead atoms. The number of rotatable bonds is 5. The Labute approximate surface area is 142 Å². The minimum atomic E-state index is -0.574. The van der Waals surface area contributed by atoms with Crippen molar-refractivity contribution in [2.75, 3.05) is 14.1 Å². The number of nitrogens with zero attached hydrogens (tertiary/aromatic N) is 3. The third-order valence-corrected chi connectivity index (χ3v) is 3.84. The van der Waals surface area contributed by atoms with Gasteiger partial charge in [-0.1, -0.05) is 44.2 Å². The molecule has 128 valence electrons. The molecule has 2 amide bonds. The number of hydrogen-bond acceptors (Lipinski definition) is 3. The van der Waals surface area contributed by atoms with E-state index in [9.17, 15) is 9.59 Å². The quantitative estimate of drug-likeness (QED) is 0.912. The fourth-order valence-corrected chi connectivity index (χ4v) is 2.46. The van der Waals surface area contributed by atoms with Crippen LogP contribution in [0, 0.1) is 5.92 Å². The smallest absolute Gasteiger partial charge is 0.272 e. The van der Waals surface area contributed by atoms with E-state index < -0.39 is 6.04 Å². The molecule has 1 aromatic heterocycles. The third kappa shape index (κ3) is 3.82. The first-order valence-electron chi connectivity index (χ1n) is 7.92. The second kappa shape index (κ2) is 7.29. The molecule has 0 aliphatic carbocycles. The lowest BCUT2D eigenvalue weighted by molar-refractivity contribution is -0.131. The summed E-state index contributed by atoms with van der Waals surface area (Å²) in [6, 6.07) is 10.9. The average molecular weight is 328 g/mol. The van der Waals surface area contributed by atoms with Crippen molar-refractivity contribution in [3.63, 3.8) is 0 Å². The summed E-state index contributed by atoms with van der Waals surface area (Å²) < 4.78 is 1.67. The van der Waals surface area contributed by atoms with Gasteiger partial charge in [0.15, 0.2) is 5.69 Å². The monoisotopic (exact) mass is 328 g/mol. The SMILES string of the molecule is CC(C)C(NC(=O)c1cc(-c2ccccc2)n(C)n1)C(=O)N(C)C. The zero-order valence-corrected chi connectivity index (χ0v) is 14.8. The molecule has 1 N–H and O–H groups in total. The van der Waals surface area contributed by atoms with E-state index in [0.717, 1.165) is 11.3 Å². The van der Waals surface area contributed by atoms with Crippen LogP contribution in [-0.2, 0) is 11.8 Å². The van der Waals surface area contributed by atoms with Gasteiger partial charge in [0.1, 0.15) is 6.04 Å². The normalized spacial score (nSPS) is 12.1. The van der Waals surface area contributed by atoms with Crippen molar-refractivity contribution >= 4 is 11.8 Å². The zero-order chi connectivity index (χ0) is 17.9. The molecule has 2 aromatic rings. The second-order valence-electron chi connectivity index (χ2n) is 6.33. The van der Waals surface area contributed by atoms with Crippen LogP contribution in [0.25, 0.3) is 11.3 Å². The lowest BCUT2D eigenvalue weighted by Gasteiger charge is -2.24. The van der Waals surface area contributed by atoms with E-state index in [2.05, 4.69) is 10.4 Å². The first-order valence-corrected chi connectivity index (χ1v) is 7.92. The summed E-state index contributed by atoms with van der Waals surface area (Å²) >= 11 is 0. The molecule has 1 aromatic carbocycles. The lowest BCUT2D eigenvalue weighted by atomic mass is 10.0. The summed E-state index contributed by atoms with van der Waals surface area (Å²) in [6.07, 6.45) is 0. The molecule has 6 heteroatoms. The van der Waals surface area contributed by atoms with Crippen molar-refractivity contribution in [3.8, 4) is 11.3 Å². The number of benzene rings is 1. The highest BCUT2D eigenvalue weighted by atomic mass is 16.2. The largest absolute Gasteiger partial charge is 0.347 e. The van der Waals surface area contributed by atoms with Gasteiger partial charge in [-0.2, -0.15) is 5.10 Å². The average Bonchev–Trinajstić information content (AvgIpc) is 2.94. The van der Waals surface area contributed by atoms with Crippen LogP contribution in [0.1, 0.15) is 24.3 Å². The summed E-state index contributed by atoms with van der Waals surface area (Å²) in [5.41, 5.74) is 2.13. The van der Waals surface area contributed by atoms with E-state index >= 15 is 0 Å². The predicted molar refractivity (Wildman–Crippen MR) is 93.4 cm³/mol. The Kier molecular flexibility index (Phi) is 5.39. The van der Waals surface area contributed by atoms with Gasteiger partial charge in [0.2, 0.25) is 5.91 Å². The van der Waals surface area contributed by atoms with Crippen LogP contribution in [0.4, 0.5) is 0 Å². The van der Waals surface area contributed by atoms with Gasteiger partial charge in [-0.15, -0.1) is 0 Å². The zero-order valence-electron chi connectivity index (χ0n) is 14.8. The molecule has 1 unspecified atom stereocenters. The molecular formula is C18H24N4O2. The van der Waals surface area contributed by atoms with E-state index in [0.29, 0.717) is 5.69 Å². The van der Waals surface area contributed by atoms with Crippen molar-refractivity contribution in [2.24, 2.45) is 13.0 Å². The molecule has 0 spiro atoms. The Bertz CT molecular complexity index is 720. The van der Waals surface area contributed by atoms with Gasteiger partial charge in [-0.3, -0.25) is 14.3 Å². The van der Waals surface area contributed by atoms with Crippen molar-refractivity contribution in [2.45, 2.75) is 19.9 Å². The lowest BCUT2D eigenvalue weighted by Crippen LogP contribution is -2.49. The van der Waals surface area contributed by atoms with Gasteiger partial charge in [-0.05, 0) is 17.5 Å². The van der Waals surface area contributed by atoms with Crippen molar-refractivity contribution in [1.29, 1.82) is 0 Å². The van der Waals surface area contributed by atoms with Crippen LogP contribution < -0.4 is 5.32 Å². The number of aryl methyl sites for hydroxylation is 1. The number of carbonyl (C=O) groups excluding carboxylic acids is 2. The molecule has 0 aliphatic rings. The highest BCUT2D eigenvalue weighted by Crippen LogP contribution is 2.19. The Hall–Kier alpha value is -2.63. The maximum absolute atomic E-state index is 12.5. The minimum Gasteiger partial charge on any atom is -0.347 e. The Morgan fingerprint density at radius 1 is 1.17 bits per heavy atom. The standard InChI is InChI=1S/C18H24N4O2/c1-12(2)16(18(24)21(3)4)19-17(23)14-11-15(22(5)20-14)13-9-7-6-8-10-13/h6-12,16H,1-5H3,(H,19,23). The van der Waals surface area contributed by atoms with Gasteiger partial charge in [-0.25, -0.2) is 0 Å². The van der Waals surface area contributed by atoms with Gasteiger partial charge >= 0.3 is 0 Å². The molecule has 6 nitrogen and oxygen atoms in total. The Morgan fingerprint density at radius 3 is 2.33 bits per heavy atom. The molecule has 0 radical (unpaired) electrons. The predicted octanol–water partition coefficient (Wildman–Crippen LogP) is 1.93. The summed E-state index contributed by atoms with van der Waals surface area (Å²) in [5, 5.41) is 7.08. The highest BCUT2D eigenvalue weighted by Gasteiger charge is 2.27. The van der Waals surface area contributed by atoms with Gasteiger partial charge in [0.25, 0.3) is 5.91 Å². The Morgan fingerprint density at radius 2 is 1.79 bits per heavy atom. The van der Waals surface area contributed by atoms with Crippen LogP contribution in [0.15, 0.2) is 36.4 Å². The minimum absolute atomic E-state index is 0.0128. The van der Waals surface area contributed by atoms with E-state index in [1.54, 1.807) is 31.9 Å². The van der Waals surface area contributed by atoms with E-state index in [1.165, 1.54) is 4.90 Å².